The van der Waals surface area contributed by atoms with Crippen LogP contribution in [0.2, 0.25) is 0 Å². The number of aromatic amines is 1. The molecule has 3 aromatic rings. The third kappa shape index (κ3) is 2.79. The molecule has 1 aliphatic rings. The number of rotatable bonds is 4. The number of nitriles is 1. The Morgan fingerprint density at radius 3 is 2.54 bits per heavy atom. The summed E-state index contributed by atoms with van der Waals surface area (Å²) in [6, 6.07) is 12.5. The van der Waals surface area contributed by atoms with E-state index >= 15 is 0 Å². The number of carbonyl (C=O) groups excluding carboxylic acids is 1. The number of ketones is 1. The van der Waals surface area contributed by atoms with Gasteiger partial charge in [-0.15, -0.1) is 0 Å². The Morgan fingerprint density at radius 1 is 1.18 bits per heavy atom. The first-order chi connectivity index (χ1) is 13.5. The van der Waals surface area contributed by atoms with Gasteiger partial charge in [0.2, 0.25) is 0 Å². The molecule has 0 saturated heterocycles. The number of nitrogens with zero attached hydrogens (tertiary/aromatic N) is 3. The van der Waals surface area contributed by atoms with Crippen molar-refractivity contribution in [1.29, 1.82) is 5.26 Å². The average molecular weight is 375 g/mol. The Balaban J connectivity index is 1.79. The second-order valence-corrected chi connectivity index (χ2v) is 6.27. The van der Waals surface area contributed by atoms with Crippen LogP contribution in [0.4, 0.5) is 5.69 Å². The smallest absolute Gasteiger partial charge is 0.189 e. The summed E-state index contributed by atoms with van der Waals surface area (Å²) in [6.07, 6.45) is 0. The van der Waals surface area contributed by atoms with E-state index in [2.05, 4.69) is 16.0 Å². The topological polar surface area (TPSA) is 117 Å². The molecule has 1 aliphatic heterocycles. The minimum atomic E-state index is -0.154. The van der Waals surface area contributed by atoms with E-state index in [0.29, 0.717) is 45.5 Å². The molecule has 0 amide bonds. The zero-order valence-corrected chi connectivity index (χ0v) is 15.3. The maximum atomic E-state index is 12.7. The van der Waals surface area contributed by atoms with Crippen LogP contribution in [-0.4, -0.2) is 36.5 Å². The van der Waals surface area contributed by atoms with Gasteiger partial charge in [-0.05, 0) is 18.2 Å². The second kappa shape index (κ2) is 6.63. The first-order valence-electron chi connectivity index (χ1n) is 8.48. The Labute approximate surface area is 160 Å². The lowest BCUT2D eigenvalue weighted by Gasteiger charge is -2.20. The average Bonchev–Trinajstić information content (AvgIpc) is 3.26. The minimum absolute atomic E-state index is 0.0813. The number of H-pyrrole nitrogens is 1. The highest BCUT2D eigenvalue weighted by molar-refractivity contribution is 6.26. The zero-order chi connectivity index (χ0) is 19.8. The number of imidazole rings is 1. The van der Waals surface area contributed by atoms with Gasteiger partial charge in [0.25, 0.3) is 0 Å². The number of Topliss-reactive ketones (excluding diaryl/α,β-unsaturated/α-hetero) is 1. The summed E-state index contributed by atoms with van der Waals surface area (Å²) in [6.45, 7) is 0.0813. The van der Waals surface area contributed by atoms with Crippen molar-refractivity contribution in [2.75, 3.05) is 25.7 Å². The molecule has 0 spiro atoms. The fraction of sp³-hybridized carbons (Fsp3) is 0.150. The van der Waals surface area contributed by atoms with Gasteiger partial charge in [0.15, 0.2) is 5.78 Å². The minimum Gasteiger partial charge on any atom is -0.497 e. The van der Waals surface area contributed by atoms with Gasteiger partial charge in [0.1, 0.15) is 28.7 Å². The summed E-state index contributed by atoms with van der Waals surface area (Å²) in [5.74, 6) is 1.70. The first kappa shape index (κ1) is 17.4. The lowest BCUT2D eigenvalue weighted by Crippen LogP contribution is -2.25. The molecule has 0 radical (unpaired) electrons. The summed E-state index contributed by atoms with van der Waals surface area (Å²) in [7, 11) is 3.12. The number of fused-ring (bicyclic) bond motifs is 1. The number of anilines is 1. The SMILES string of the molecule is COc1cc(OC)cc(N2CC(=O)C(c3nc4cc(C#N)ccc4[nH]3)=C2N)c1. The molecule has 4 rings (SSSR count). The van der Waals surface area contributed by atoms with Crippen molar-refractivity contribution in [3.63, 3.8) is 0 Å². The third-order valence-electron chi connectivity index (χ3n) is 4.62. The lowest BCUT2D eigenvalue weighted by molar-refractivity contribution is -0.112. The van der Waals surface area contributed by atoms with Gasteiger partial charge in [0.05, 0.1) is 49.1 Å². The Hall–Kier alpha value is -3.99. The number of methoxy groups -OCH3 is 2. The number of hydrogen-bond donors (Lipinski definition) is 2. The third-order valence-corrected chi connectivity index (χ3v) is 4.62. The van der Waals surface area contributed by atoms with E-state index < -0.39 is 0 Å². The number of ether oxygens (including phenoxy) is 2. The van der Waals surface area contributed by atoms with Crippen LogP contribution in [-0.2, 0) is 4.79 Å². The molecule has 140 valence electrons. The normalized spacial score (nSPS) is 13.9. The van der Waals surface area contributed by atoms with Crippen molar-refractivity contribution < 1.29 is 14.3 Å². The predicted octanol–water partition coefficient (Wildman–Crippen LogP) is 2.17. The van der Waals surface area contributed by atoms with Gasteiger partial charge in [-0.25, -0.2) is 4.98 Å². The second-order valence-electron chi connectivity index (χ2n) is 6.27. The highest BCUT2D eigenvalue weighted by atomic mass is 16.5. The number of aromatic nitrogens is 2. The first-order valence-corrected chi connectivity index (χ1v) is 8.48. The lowest BCUT2D eigenvalue weighted by atomic mass is 10.2. The standard InChI is InChI=1S/C20H17N5O3/c1-27-13-6-12(7-14(8-13)28-2)25-10-17(26)18(19(25)22)20-23-15-4-3-11(9-21)5-16(15)24-20/h3-8H,10,22H2,1-2H3,(H,23,24). The molecule has 8 nitrogen and oxygen atoms in total. The van der Waals surface area contributed by atoms with Gasteiger partial charge in [0, 0.05) is 18.2 Å². The molecule has 28 heavy (non-hydrogen) atoms. The number of nitrogens with one attached hydrogen (secondary N) is 1. The van der Waals surface area contributed by atoms with E-state index in [0.717, 1.165) is 5.52 Å². The van der Waals surface area contributed by atoms with Crippen LogP contribution in [0.25, 0.3) is 16.6 Å². The summed E-state index contributed by atoms with van der Waals surface area (Å²) in [5, 5.41) is 9.05. The molecule has 0 unspecified atom stereocenters. The predicted molar refractivity (Wildman–Crippen MR) is 104 cm³/mol. The van der Waals surface area contributed by atoms with Gasteiger partial charge in [-0.1, -0.05) is 0 Å². The molecule has 0 bridgehead atoms. The van der Waals surface area contributed by atoms with Gasteiger partial charge >= 0.3 is 0 Å². The number of hydrogen-bond acceptors (Lipinski definition) is 7. The van der Waals surface area contributed by atoms with Crippen molar-refractivity contribution in [2.45, 2.75) is 0 Å². The number of carbonyl (C=O) groups is 1. The number of nitrogens with two attached hydrogens (primary N) is 1. The van der Waals surface area contributed by atoms with Gasteiger partial charge < -0.3 is 25.1 Å². The van der Waals surface area contributed by atoms with Gasteiger partial charge in [-0.2, -0.15) is 5.26 Å². The van der Waals surface area contributed by atoms with E-state index in [4.69, 9.17) is 20.5 Å². The van der Waals surface area contributed by atoms with Crippen LogP contribution in [0.15, 0.2) is 42.2 Å². The molecular weight excluding hydrogens is 358 g/mol. The van der Waals surface area contributed by atoms with E-state index in [1.807, 2.05) is 0 Å². The van der Waals surface area contributed by atoms with Crippen molar-refractivity contribution in [1.82, 2.24) is 9.97 Å². The Bertz CT molecular complexity index is 1150. The molecule has 0 atom stereocenters. The molecule has 2 aromatic carbocycles. The molecule has 8 heteroatoms. The Morgan fingerprint density at radius 2 is 1.89 bits per heavy atom. The molecule has 2 heterocycles. The monoisotopic (exact) mass is 375 g/mol. The largest absolute Gasteiger partial charge is 0.497 e. The van der Waals surface area contributed by atoms with Crippen LogP contribution in [0.1, 0.15) is 11.4 Å². The van der Waals surface area contributed by atoms with E-state index in [1.165, 1.54) is 0 Å². The summed E-state index contributed by atoms with van der Waals surface area (Å²) < 4.78 is 10.6. The molecule has 0 fully saturated rings. The fourth-order valence-electron chi connectivity index (χ4n) is 3.21. The summed E-state index contributed by atoms with van der Waals surface area (Å²) in [5.41, 5.74) is 9.15. The maximum absolute atomic E-state index is 12.7. The highest BCUT2D eigenvalue weighted by Crippen LogP contribution is 2.34. The molecule has 1 aromatic heterocycles. The van der Waals surface area contributed by atoms with E-state index in [9.17, 15) is 4.79 Å². The van der Waals surface area contributed by atoms with Crippen molar-refractivity contribution in [2.24, 2.45) is 5.73 Å². The quantitative estimate of drug-likeness (QED) is 0.717. The molecular formula is C20H17N5O3. The van der Waals surface area contributed by atoms with E-state index in [1.54, 1.807) is 55.5 Å². The van der Waals surface area contributed by atoms with Crippen molar-refractivity contribution >= 4 is 28.1 Å². The van der Waals surface area contributed by atoms with Crippen LogP contribution in [0.5, 0.6) is 11.5 Å². The van der Waals surface area contributed by atoms with Gasteiger partial charge in [-0.3, -0.25) is 4.79 Å². The van der Waals surface area contributed by atoms with Crippen molar-refractivity contribution in [3.05, 3.63) is 53.6 Å². The highest BCUT2D eigenvalue weighted by Gasteiger charge is 2.32. The zero-order valence-electron chi connectivity index (χ0n) is 15.3. The summed E-state index contributed by atoms with van der Waals surface area (Å²) in [4.78, 5) is 22.0. The van der Waals surface area contributed by atoms with Crippen LogP contribution in [0, 0.1) is 11.3 Å². The van der Waals surface area contributed by atoms with Crippen LogP contribution < -0.4 is 20.1 Å². The van der Waals surface area contributed by atoms with Crippen molar-refractivity contribution in [3.8, 4) is 17.6 Å². The number of benzene rings is 2. The fourth-order valence-corrected chi connectivity index (χ4v) is 3.21. The molecule has 3 N–H and O–H groups in total. The molecule has 0 aliphatic carbocycles. The van der Waals surface area contributed by atoms with Crippen LogP contribution >= 0.6 is 0 Å². The Kier molecular flexibility index (Phi) is 4.12. The summed E-state index contributed by atoms with van der Waals surface area (Å²) >= 11 is 0. The molecule has 0 saturated carbocycles. The maximum Gasteiger partial charge on any atom is 0.189 e. The van der Waals surface area contributed by atoms with Crippen LogP contribution in [0.3, 0.4) is 0 Å². The van der Waals surface area contributed by atoms with E-state index in [-0.39, 0.29) is 12.3 Å².